The zero-order valence-electron chi connectivity index (χ0n) is 21.7. The van der Waals surface area contributed by atoms with Crippen LogP contribution in [0.1, 0.15) is 33.4 Å². The monoisotopic (exact) mass is 510 g/mol. The maximum atomic E-state index is 15.4. The Morgan fingerprint density at radius 2 is 0.872 bits per heavy atom. The van der Waals surface area contributed by atoms with Crippen LogP contribution in [0.4, 0.5) is 0 Å². The van der Waals surface area contributed by atoms with Gasteiger partial charge in [-0.05, 0) is 47.2 Å². The van der Waals surface area contributed by atoms with Crippen LogP contribution >= 0.6 is 0 Å². The number of fused-ring (bicyclic) bond motifs is 5. The van der Waals surface area contributed by atoms with E-state index in [-0.39, 0.29) is 5.78 Å². The Bertz CT molecular complexity index is 1560. The summed E-state index contributed by atoms with van der Waals surface area (Å²) in [5, 5.41) is 0. The third-order valence-electron chi connectivity index (χ3n) is 8.87. The molecule has 4 atom stereocenters. The number of hydrogen-bond acceptors (Lipinski definition) is 4. The van der Waals surface area contributed by atoms with Crippen LogP contribution in [0.15, 0.2) is 109 Å². The highest BCUT2D eigenvalue weighted by Crippen LogP contribution is 2.74. The van der Waals surface area contributed by atoms with Gasteiger partial charge in [-0.3, -0.25) is 14.4 Å². The molecule has 0 radical (unpaired) electrons. The predicted octanol–water partition coefficient (Wildman–Crippen LogP) is 6.00. The lowest BCUT2D eigenvalue weighted by atomic mass is 9.59. The summed E-state index contributed by atoms with van der Waals surface area (Å²) in [4.78, 5) is 42.7. The van der Waals surface area contributed by atoms with Crippen LogP contribution < -0.4 is 0 Å². The van der Waals surface area contributed by atoms with Gasteiger partial charge in [0, 0.05) is 0 Å². The van der Waals surface area contributed by atoms with Gasteiger partial charge in [-0.1, -0.05) is 120 Å². The topological polar surface area (TPSA) is 60.4 Å². The van der Waals surface area contributed by atoms with Gasteiger partial charge in [-0.2, -0.15) is 0 Å². The first-order valence-electron chi connectivity index (χ1n) is 13.2. The van der Waals surface area contributed by atoms with Crippen LogP contribution in [0.25, 0.3) is 11.1 Å². The Morgan fingerprint density at radius 1 is 0.513 bits per heavy atom. The third kappa shape index (κ3) is 2.86. The van der Waals surface area contributed by atoms with E-state index in [0.29, 0.717) is 11.1 Å². The Hall–Kier alpha value is -4.57. The molecule has 1 heterocycles. The molecule has 2 fully saturated rings. The van der Waals surface area contributed by atoms with Gasteiger partial charge >= 0.3 is 11.9 Å². The minimum Gasteiger partial charge on any atom is -0.393 e. The maximum Gasteiger partial charge on any atom is 0.319 e. The minimum atomic E-state index is -1.39. The molecule has 1 aliphatic heterocycles. The molecule has 3 aliphatic rings. The number of ketones is 1. The zero-order valence-corrected chi connectivity index (χ0v) is 21.7. The molecule has 2 bridgehead atoms. The molecular weight excluding hydrogens is 484 g/mol. The molecule has 1 saturated heterocycles. The van der Waals surface area contributed by atoms with E-state index in [1.807, 2.05) is 123 Å². The summed E-state index contributed by atoms with van der Waals surface area (Å²) in [6, 6.07) is 35.1. The van der Waals surface area contributed by atoms with E-state index in [1.54, 1.807) is 0 Å². The molecule has 0 spiro atoms. The van der Waals surface area contributed by atoms with Gasteiger partial charge in [0.05, 0.1) is 22.7 Å². The summed E-state index contributed by atoms with van der Waals surface area (Å²) < 4.78 is 5.40. The molecule has 2 aliphatic carbocycles. The summed E-state index contributed by atoms with van der Waals surface area (Å²) in [5.74, 6) is -3.34. The number of carbonyl (C=O) groups is 3. The third-order valence-corrected chi connectivity index (χ3v) is 8.87. The van der Waals surface area contributed by atoms with Gasteiger partial charge in [0.1, 0.15) is 0 Å². The summed E-state index contributed by atoms with van der Waals surface area (Å²) in [5.41, 5.74) is 4.07. The predicted molar refractivity (Wildman–Crippen MR) is 148 cm³/mol. The van der Waals surface area contributed by atoms with Crippen molar-refractivity contribution < 1.29 is 19.1 Å². The average molecular weight is 511 g/mol. The highest BCUT2D eigenvalue weighted by molar-refractivity contribution is 6.34. The maximum absolute atomic E-state index is 15.4. The molecule has 7 rings (SSSR count). The molecular formula is C35H26O4. The fourth-order valence-electron chi connectivity index (χ4n) is 7.37. The van der Waals surface area contributed by atoms with Gasteiger partial charge < -0.3 is 4.74 Å². The van der Waals surface area contributed by atoms with E-state index in [0.717, 1.165) is 33.4 Å². The number of cyclic esters (lactones) is 2. The molecule has 190 valence electrons. The Labute approximate surface area is 227 Å². The van der Waals surface area contributed by atoms with Crippen LogP contribution in [0.2, 0.25) is 0 Å². The second-order valence-corrected chi connectivity index (χ2v) is 10.9. The first-order chi connectivity index (χ1) is 18.9. The average Bonchev–Trinajstić information content (AvgIpc) is 3.49. The van der Waals surface area contributed by atoms with Crippen LogP contribution in [0.3, 0.4) is 0 Å². The van der Waals surface area contributed by atoms with Crippen LogP contribution in [-0.4, -0.2) is 17.7 Å². The van der Waals surface area contributed by atoms with Crippen molar-refractivity contribution in [1.29, 1.82) is 0 Å². The van der Waals surface area contributed by atoms with Crippen molar-refractivity contribution in [2.75, 3.05) is 0 Å². The van der Waals surface area contributed by atoms with E-state index < -0.39 is 34.6 Å². The zero-order chi connectivity index (χ0) is 26.9. The fourth-order valence-corrected chi connectivity index (χ4v) is 7.37. The summed E-state index contributed by atoms with van der Waals surface area (Å²) in [7, 11) is 0. The number of ether oxygens (including phenoxy) is 1. The number of benzene rings is 4. The molecule has 0 aromatic heterocycles. The molecule has 4 aromatic carbocycles. The lowest BCUT2D eigenvalue weighted by molar-refractivity contribution is -0.156. The summed E-state index contributed by atoms with van der Waals surface area (Å²) in [6.07, 6.45) is 0. The van der Waals surface area contributed by atoms with Crippen LogP contribution in [0.5, 0.6) is 0 Å². The van der Waals surface area contributed by atoms with Gasteiger partial charge in [-0.15, -0.1) is 0 Å². The van der Waals surface area contributed by atoms with E-state index >= 15 is 4.79 Å². The number of rotatable bonds is 4. The molecule has 0 unspecified atom stereocenters. The summed E-state index contributed by atoms with van der Waals surface area (Å²) >= 11 is 0. The number of Topliss-reactive ketones (excluding diaryl/α,β-unsaturated/α-hetero) is 1. The molecule has 0 amide bonds. The number of allylic oxidation sites excluding steroid dienone is 2. The van der Waals surface area contributed by atoms with E-state index in [1.165, 1.54) is 0 Å². The van der Waals surface area contributed by atoms with E-state index in [2.05, 4.69) is 0 Å². The lowest BCUT2D eigenvalue weighted by Crippen LogP contribution is -2.41. The van der Waals surface area contributed by atoms with Crippen molar-refractivity contribution in [3.05, 3.63) is 143 Å². The van der Waals surface area contributed by atoms with Gasteiger partial charge in [-0.25, -0.2) is 0 Å². The van der Waals surface area contributed by atoms with E-state index in [9.17, 15) is 9.59 Å². The van der Waals surface area contributed by atoms with Gasteiger partial charge in [0.15, 0.2) is 5.78 Å². The smallest absolute Gasteiger partial charge is 0.319 e. The largest absolute Gasteiger partial charge is 0.393 e. The number of hydrogen-bond donors (Lipinski definition) is 0. The SMILES string of the molecule is Cc1ccc(C2=C(c3ccc(C)cc3)[C@@]3(c4ccccc4)C(=O)[C@@]2(c2ccccc2)[C@@H]2C(=O)OC(=O)[C@@H]23)cc1. The fraction of sp³-hybridized carbons (Fsp3) is 0.171. The molecule has 1 saturated carbocycles. The Kier molecular flexibility index (Phi) is 4.96. The van der Waals surface area contributed by atoms with Crippen molar-refractivity contribution in [2.24, 2.45) is 11.8 Å². The molecule has 4 nitrogen and oxygen atoms in total. The Morgan fingerprint density at radius 3 is 1.23 bits per heavy atom. The van der Waals surface area contributed by atoms with Crippen molar-refractivity contribution in [3.63, 3.8) is 0 Å². The van der Waals surface area contributed by atoms with Gasteiger partial charge in [0.2, 0.25) is 0 Å². The highest BCUT2D eigenvalue weighted by atomic mass is 16.6. The number of aryl methyl sites for hydroxylation is 2. The summed E-state index contributed by atoms with van der Waals surface area (Å²) in [6.45, 7) is 4.04. The van der Waals surface area contributed by atoms with Gasteiger partial charge in [0.25, 0.3) is 0 Å². The van der Waals surface area contributed by atoms with Crippen molar-refractivity contribution in [2.45, 2.75) is 24.7 Å². The Balaban J connectivity index is 1.72. The van der Waals surface area contributed by atoms with Crippen molar-refractivity contribution >= 4 is 28.9 Å². The van der Waals surface area contributed by atoms with Crippen molar-refractivity contribution in [1.82, 2.24) is 0 Å². The number of esters is 2. The second-order valence-electron chi connectivity index (χ2n) is 10.9. The molecule has 4 aromatic rings. The van der Waals surface area contributed by atoms with Crippen LogP contribution in [0, 0.1) is 25.7 Å². The standard InChI is InChI=1S/C35H26O4/c1-21-13-17-23(18-14-21)27-28(24-19-15-22(2)16-20-24)35(26-11-7-4-8-12-26)30-29(31(36)39-32(30)37)34(27,33(35)38)25-9-5-3-6-10-25/h3-20,29-30H,1-2H3/t29-,30+,34-,35-/m1/s1. The minimum absolute atomic E-state index is 0.140. The first-order valence-corrected chi connectivity index (χ1v) is 13.2. The molecule has 4 heteroatoms. The highest BCUT2D eigenvalue weighted by Gasteiger charge is 2.82. The number of carbonyl (C=O) groups excluding carboxylic acids is 3. The quantitative estimate of drug-likeness (QED) is 0.250. The normalized spacial score (nSPS) is 27.2. The molecule has 39 heavy (non-hydrogen) atoms. The lowest BCUT2D eigenvalue weighted by Gasteiger charge is -2.38. The van der Waals surface area contributed by atoms with E-state index in [4.69, 9.17) is 4.74 Å². The van der Waals surface area contributed by atoms with Crippen LogP contribution in [-0.2, 0) is 30.0 Å². The first kappa shape index (κ1) is 23.5. The van der Waals surface area contributed by atoms with Crippen molar-refractivity contribution in [3.8, 4) is 0 Å². The molecule has 0 N–H and O–H groups in total. The second kappa shape index (κ2) is 8.21.